The molecule has 1 amide bonds. The molecular weight excluding hydrogens is 316 g/mol. The highest BCUT2D eigenvalue weighted by Gasteiger charge is 2.22. The number of nitrogens with one attached hydrogen (secondary N) is 1. The van der Waals surface area contributed by atoms with Crippen LogP contribution < -0.4 is 15.0 Å². The van der Waals surface area contributed by atoms with E-state index in [9.17, 15) is 4.79 Å². The van der Waals surface area contributed by atoms with E-state index < -0.39 is 0 Å². The van der Waals surface area contributed by atoms with Gasteiger partial charge in [0.2, 0.25) is 0 Å². The molecule has 0 aliphatic carbocycles. The van der Waals surface area contributed by atoms with E-state index in [0.29, 0.717) is 23.2 Å². The van der Waals surface area contributed by atoms with Gasteiger partial charge in [-0.25, -0.2) is 0 Å². The fourth-order valence-corrected chi connectivity index (χ4v) is 3.22. The zero-order chi connectivity index (χ0) is 17.6. The van der Waals surface area contributed by atoms with Gasteiger partial charge in [-0.1, -0.05) is 13.0 Å². The van der Waals surface area contributed by atoms with Gasteiger partial charge in [0.1, 0.15) is 5.75 Å². The molecule has 6 heteroatoms. The van der Waals surface area contributed by atoms with Gasteiger partial charge in [0, 0.05) is 24.3 Å². The number of piperidine rings is 1. The van der Waals surface area contributed by atoms with Crippen LogP contribution in [0.3, 0.4) is 0 Å². The molecule has 1 aliphatic rings. The van der Waals surface area contributed by atoms with Crippen molar-refractivity contribution in [3.05, 3.63) is 42.1 Å². The minimum absolute atomic E-state index is 0.280. The minimum atomic E-state index is -0.280. The lowest BCUT2D eigenvalue weighted by Crippen LogP contribution is -2.39. The van der Waals surface area contributed by atoms with Gasteiger partial charge in [0.05, 0.1) is 7.11 Å². The number of aromatic nitrogens is 2. The second kappa shape index (κ2) is 7.96. The third-order valence-electron chi connectivity index (χ3n) is 4.60. The van der Waals surface area contributed by atoms with Crippen LogP contribution in [0.1, 0.15) is 43.1 Å². The van der Waals surface area contributed by atoms with Crippen LogP contribution in [0.4, 0.5) is 11.5 Å². The lowest BCUT2D eigenvalue weighted by atomic mass is 10.0. The van der Waals surface area contributed by atoms with Gasteiger partial charge < -0.3 is 15.0 Å². The van der Waals surface area contributed by atoms with Gasteiger partial charge in [0.15, 0.2) is 11.5 Å². The molecule has 2 aromatic rings. The zero-order valence-electron chi connectivity index (χ0n) is 14.7. The molecule has 1 N–H and O–H groups in total. The second-order valence-electron chi connectivity index (χ2n) is 6.21. The Bertz CT molecular complexity index is 718. The average Bonchev–Trinajstić information content (AvgIpc) is 2.68. The van der Waals surface area contributed by atoms with Crippen molar-refractivity contribution in [3.63, 3.8) is 0 Å². The number of benzene rings is 1. The van der Waals surface area contributed by atoms with Gasteiger partial charge in [-0.2, -0.15) is 0 Å². The monoisotopic (exact) mass is 340 g/mol. The number of carbonyl (C=O) groups excluding carboxylic acids is 1. The number of methoxy groups -OCH3 is 1. The Morgan fingerprint density at radius 1 is 1.28 bits per heavy atom. The van der Waals surface area contributed by atoms with Gasteiger partial charge in [0.25, 0.3) is 5.91 Å². The van der Waals surface area contributed by atoms with E-state index in [1.165, 1.54) is 19.3 Å². The Labute approximate surface area is 148 Å². The Balaban J connectivity index is 1.69. The molecule has 1 saturated heterocycles. The van der Waals surface area contributed by atoms with Crippen LogP contribution in [0.25, 0.3) is 0 Å². The lowest BCUT2D eigenvalue weighted by molar-refractivity contribution is 0.102. The van der Waals surface area contributed by atoms with E-state index in [0.717, 1.165) is 18.8 Å². The maximum absolute atomic E-state index is 12.4. The summed E-state index contributed by atoms with van der Waals surface area (Å²) in [6.07, 6.45) is 4.73. The molecule has 0 radical (unpaired) electrons. The van der Waals surface area contributed by atoms with Crippen molar-refractivity contribution in [1.29, 1.82) is 0 Å². The SMILES string of the molecule is CCC1CCCCN1c1ccc(C(=O)Nc2cccc(OC)c2)nn1. The molecule has 2 heterocycles. The maximum Gasteiger partial charge on any atom is 0.276 e. The topological polar surface area (TPSA) is 67.4 Å². The molecule has 1 atom stereocenters. The average molecular weight is 340 g/mol. The molecule has 0 saturated carbocycles. The number of ether oxygens (including phenoxy) is 1. The summed E-state index contributed by atoms with van der Waals surface area (Å²) in [5, 5.41) is 11.2. The first kappa shape index (κ1) is 17.2. The van der Waals surface area contributed by atoms with E-state index in [4.69, 9.17) is 4.74 Å². The predicted octanol–water partition coefficient (Wildman–Crippen LogP) is 3.51. The molecule has 132 valence electrons. The van der Waals surface area contributed by atoms with Crippen molar-refractivity contribution in [1.82, 2.24) is 10.2 Å². The third-order valence-corrected chi connectivity index (χ3v) is 4.60. The molecule has 1 aromatic heterocycles. The highest BCUT2D eigenvalue weighted by atomic mass is 16.5. The molecule has 3 rings (SSSR count). The first-order chi connectivity index (χ1) is 12.2. The quantitative estimate of drug-likeness (QED) is 0.902. The summed E-state index contributed by atoms with van der Waals surface area (Å²) in [6.45, 7) is 3.20. The molecular formula is C19H24N4O2. The van der Waals surface area contributed by atoms with Crippen molar-refractivity contribution in [2.45, 2.75) is 38.6 Å². The lowest BCUT2D eigenvalue weighted by Gasteiger charge is -2.35. The number of hydrogen-bond donors (Lipinski definition) is 1. The fourth-order valence-electron chi connectivity index (χ4n) is 3.22. The summed E-state index contributed by atoms with van der Waals surface area (Å²) < 4.78 is 5.16. The minimum Gasteiger partial charge on any atom is -0.497 e. The summed E-state index contributed by atoms with van der Waals surface area (Å²) >= 11 is 0. The van der Waals surface area contributed by atoms with Gasteiger partial charge in [-0.3, -0.25) is 4.79 Å². The molecule has 0 spiro atoms. The van der Waals surface area contributed by atoms with Crippen molar-refractivity contribution < 1.29 is 9.53 Å². The van der Waals surface area contributed by atoms with Crippen LogP contribution in [-0.4, -0.2) is 35.8 Å². The van der Waals surface area contributed by atoms with Crippen LogP contribution in [0.5, 0.6) is 5.75 Å². The molecule has 0 bridgehead atoms. The first-order valence-electron chi connectivity index (χ1n) is 8.77. The summed E-state index contributed by atoms with van der Waals surface area (Å²) in [5.74, 6) is 1.26. The normalized spacial score (nSPS) is 17.2. The van der Waals surface area contributed by atoms with Crippen molar-refractivity contribution >= 4 is 17.4 Å². The number of amides is 1. The molecule has 1 unspecified atom stereocenters. The summed E-state index contributed by atoms with van der Waals surface area (Å²) in [7, 11) is 1.59. The number of hydrogen-bond acceptors (Lipinski definition) is 5. The van der Waals surface area contributed by atoms with Crippen LogP contribution in [-0.2, 0) is 0 Å². The van der Waals surface area contributed by atoms with Gasteiger partial charge in [-0.05, 0) is 49.9 Å². The largest absolute Gasteiger partial charge is 0.497 e. The van der Waals surface area contributed by atoms with E-state index in [-0.39, 0.29) is 5.91 Å². The van der Waals surface area contributed by atoms with Crippen LogP contribution in [0, 0.1) is 0 Å². The molecule has 1 aromatic carbocycles. The molecule has 1 fully saturated rings. The van der Waals surface area contributed by atoms with Crippen LogP contribution in [0.2, 0.25) is 0 Å². The summed E-state index contributed by atoms with van der Waals surface area (Å²) in [6, 6.07) is 11.4. The van der Waals surface area contributed by atoms with E-state index in [2.05, 4.69) is 27.3 Å². The maximum atomic E-state index is 12.4. The highest BCUT2D eigenvalue weighted by molar-refractivity contribution is 6.02. The first-order valence-corrected chi connectivity index (χ1v) is 8.77. The molecule has 1 aliphatic heterocycles. The summed E-state index contributed by atoms with van der Waals surface area (Å²) in [5.41, 5.74) is 0.967. The molecule has 6 nitrogen and oxygen atoms in total. The van der Waals surface area contributed by atoms with E-state index >= 15 is 0 Å². The van der Waals surface area contributed by atoms with Gasteiger partial charge >= 0.3 is 0 Å². The smallest absolute Gasteiger partial charge is 0.276 e. The van der Waals surface area contributed by atoms with Crippen LogP contribution >= 0.6 is 0 Å². The highest BCUT2D eigenvalue weighted by Crippen LogP contribution is 2.24. The summed E-state index contributed by atoms with van der Waals surface area (Å²) in [4.78, 5) is 14.7. The Morgan fingerprint density at radius 2 is 2.16 bits per heavy atom. The number of anilines is 2. The number of nitrogens with zero attached hydrogens (tertiary/aromatic N) is 3. The van der Waals surface area contributed by atoms with Crippen molar-refractivity contribution in [2.24, 2.45) is 0 Å². The standard InChI is InChI=1S/C19H24N4O2/c1-3-15-8-4-5-12-23(15)18-11-10-17(21-22-18)19(24)20-14-7-6-9-16(13-14)25-2/h6-7,9-11,13,15H,3-5,8,12H2,1-2H3,(H,20,24). The molecule has 25 heavy (non-hydrogen) atoms. The third kappa shape index (κ3) is 4.07. The van der Waals surface area contributed by atoms with Crippen molar-refractivity contribution in [2.75, 3.05) is 23.9 Å². The second-order valence-corrected chi connectivity index (χ2v) is 6.21. The Hall–Kier alpha value is -2.63. The van der Waals surface area contributed by atoms with Gasteiger partial charge in [-0.15, -0.1) is 10.2 Å². The van der Waals surface area contributed by atoms with E-state index in [1.54, 1.807) is 19.2 Å². The van der Waals surface area contributed by atoms with Crippen LogP contribution in [0.15, 0.2) is 36.4 Å². The van der Waals surface area contributed by atoms with E-state index in [1.807, 2.05) is 24.3 Å². The Kier molecular flexibility index (Phi) is 5.48. The predicted molar refractivity (Wildman–Crippen MR) is 98.3 cm³/mol. The number of rotatable bonds is 5. The fraction of sp³-hybridized carbons (Fsp3) is 0.421. The number of carbonyl (C=O) groups is 1. The Morgan fingerprint density at radius 3 is 2.88 bits per heavy atom. The van der Waals surface area contributed by atoms with Crippen molar-refractivity contribution in [3.8, 4) is 5.75 Å². The zero-order valence-corrected chi connectivity index (χ0v) is 14.7.